The van der Waals surface area contributed by atoms with E-state index in [2.05, 4.69) is 6.92 Å². The number of anilines is 1. The Morgan fingerprint density at radius 2 is 2.06 bits per heavy atom. The molecule has 0 saturated carbocycles. The van der Waals surface area contributed by atoms with Gasteiger partial charge in [-0.15, -0.1) is 0 Å². The Morgan fingerprint density at radius 1 is 1.38 bits per heavy atom. The normalized spacial score (nSPS) is 12.6. The Balaban J connectivity index is 2.96. The second-order valence-electron chi connectivity index (χ2n) is 4.08. The Morgan fingerprint density at radius 3 is 2.50 bits per heavy atom. The fraction of sp³-hybridized carbons (Fsp3) is 0.538. The third-order valence-electron chi connectivity index (χ3n) is 2.71. The lowest BCUT2D eigenvalue weighted by Gasteiger charge is -2.23. The first kappa shape index (κ1) is 13.0. The zero-order valence-electron chi connectivity index (χ0n) is 10.3. The predicted molar refractivity (Wildman–Crippen MR) is 67.2 cm³/mol. The fourth-order valence-corrected chi connectivity index (χ4v) is 1.78. The van der Waals surface area contributed by atoms with Gasteiger partial charge >= 0.3 is 0 Å². The van der Waals surface area contributed by atoms with Crippen LogP contribution in [-0.2, 0) is 0 Å². The van der Waals surface area contributed by atoms with Crippen LogP contribution in [-0.4, -0.2) is 13.1 Å². The number of benzene rings is 1. The maximum Gasteiger partial charge on any atom is 0.146 e. The SMILES string of the molecule is CCCN(CC)c1ccc([C@H](C)N)cc1F. The van der Waals surface area contributed by atoms with Crippen molar-refractivity contribution in [3.63, 3.8) is 0 Å². The maximum absolute atomic E-state index is 13.9. The van der Waals surface area contributed by atoms with Crippen LogP contribution < -0.4 is 10.6 Å². The molecule has 0 aliphatic rings. The first-order chi connectivity index (χ1) is 7.60. The molecular weight excluding hydrogens is 203 g/mol. The van der Waals surface area contributed by atoms with Gasteiger partial charge in [-0.25, -0.2) is 4.39 Å². The van der Waals surface area contributed by atoms with Gasteiger partial charge in [0.1, 0.15) is 5.82 Å². The van der Waals surface area contributed by atoms with Crippen LogP contribution >= 0.6 is 0 Å². The zero-order valence-corrected chi connectivity index (χ0v) is 10.3. The van der Waals surface area contributed by atoms with Gasteiger partial charge in [-0.3, -0.25) is 0 Å². The number of halogens is 1. The van der Waals surface area contributed by atoms with Crippen LogP contribution in [0.4, 0.5) is 10.1 Å². The molecule has 0 fully saturated rings. The van der Waals surface area contributed by atoms with Crippen LogP contribution in [0.25, 0.3) is 0 Å². The molecule has 0 unspecified atom stereocenters. The molecule has 0 bridgehead atoms. The largest absolute Gasteiger partial charge is 0.369 e. The molecule has 1 aromatic carbocycles. The van der Waals surface area contributed by atoms with Gasteiger partial charge in [0.15, 0.2) is 0 Å². The van der Waals surface area contributed by atoms with Crippen LogP contribution in [0.15, 0.2) is 18.2 Å². The number of hydrogen-bond acceptors (Lipinski definition) is 2. The Bertz CT molecular complexity index is 337. The summed E-state index contributed by atoms with van der Waals surface area (Å²) in [5.74, 6) is -0.176. The van der Waals surface area contributed by atoms with Crippen molar-refractivity contribution in [3.05, 3.63) is 29.6 Å². The highest BCUT2D eigenvalue weighted by atomic mass is 19.1. The molecule has 0 saturated heterocycles. The van der Waals surface area contributed by atoms with Gasteiger partial charge in [0, 0.05) is 19.1 Å². The Kier molecular flexibility index (Phi) is 4.74. The average molecular weight is 224 g/mol. The minimum atomic E-state index is -0.176. The first-order valence-electron chi connectivity index (χ1n) is 5.90. The molecule has 0 heterocycles. The number of hydrogen-bond donors (Lipinski definition) is 1. The number of nitrogens with two attached hydrogens (primary N) is 1. The number of nitrogens with zero attached hydrogens (tertiary/aromatic N) is 1. The second-order valence-corrected chi connectivity index (χ2v) is 4.08. The molecule has 1 aromatic rings. The third-order valence-corrected chi connectivity index (χ3v) is 2.71. The second kappa shape index (κ2) is 5.85. The topological polar surface area (TPSA) is 29.3 Å². The van der Waals surface area contributed by atoms with Crippen LogP contribution in [0, 0.1) is 5.82 Å². The van der Waals surface area contributed by atoms with Crippen molar-refractivity contribution in [1.82, 2.24) is 0 Å². The molecule has 2 N–H and O–H groups in total. The van der Waals surface area contributed by atoms with E-state index in [0.29, 0.717) is 5.69 Å². The van der Waals surface area contributed by atoms with Crippen molar-refractivity contribution in [1.29, 1.82) is 0 Å². The summed E-state index contributed by atoms with van der Waals surface area (Å²) in [6.07, 6.45) is 1.02. The standard InChI is InChI=1S/C13H21FN2/c1-4-8-16(5-2)13-7-6-11(10(3)15)9-12(13)14/h6-7,9-10H,4-5,8,15H2,1-3H3/t10-/m0/s1. The van der Waals surface area contributed by atoms with Crippen molar-refractivity contribution in [2.75, 3.05) is 18.0 Å². The Hall–Kier alpha value is -1.09. The number of rotatable bonds is 5. The predicted octanol–water partition coefficient (Wildman–Crippen LogP) is 3.08. The molecule has 1 rings (SSSR count). The van der Waals surface area contributed by atoms with E-state index in [0.717, 1.165) is 25.1 Å². The quantitative estimate of drug-likeness (QED) is 0.832. The summed E-state index contributed by atoms with van der Waals surface area (Å²) in [6.45, 7) is 7.69. The van der Waals surface area contributed by atoms with E-state index in [1.54, 1.807) is 6.07 Å². The summed E-state index contributed by atoms with van der Waals surface area (Å²) in [7, 11) is 0. The minimum Gasteiger partial charge on any atom is -0.369 e. The lowest BCUT2D eigenvalue weighted by Crippen LogP contribution is -2.24. The third kappa shape index (κ3) is 2.95. The fourth-order valence-electron chi connectivity index (χ4n) is 1.78. The molecule has 0 aliphatic heterocycles. The highest BCUT2D eigenvalue weighted by molar-refractivity contribution is 5.49. The first-order valence-corrected chi connectivity index (χ1v) is 5.90. The van der Waals surface area contributed by atoms with Crippen molar-refractivity contribution in [2.45, 2.75) is 33.2 Å². The van der Waals surface area contributed by atoms with Gasteiger partial charge in [-0.2, -0.15) is 0 Å². The van der Waals surface area contributed by atoms with Crippen molar-refractivity contribution < 1.29 is 4.39 Å². The van der Waals surface area contributed by atoms with Gasteiger partial charge in [-0.1, -0.05) is 13.0 Å². The van der Waals surface area contributed by atoms with Gasteiger partial charge in [-0.05, 0) is 38.0 Å². The Labute approximate surface area is 97.3 Å². The van der Waals surface area contributed by atoms with E-state index >= 15 is 0 Å². The van der Waals surface area contributed by atoms with Crippen LogP contribution in [0.5, 0.6) is 0 Å². The molecular formula is C13H21FN2. The highest BCUT2D eigenvalue weighted by Crippen LogP contribution is 2.22. The average Bonchev–Trinajstić information content (AvgIpc) is 2.26. The van der Waals surface area contributed by atoms with E-state index in [1.165, 1.54) is 0 Å². The molecule has 0 aromatic heterocycles. The highest BCUT2D eigenvalue weighted by Gasteiger charge is 2.10. The van der Waals surface area contributed by atoms with Crippen LogP contribution in [0.2, 0.25) is 0 Å². The summed E-state index contributed by atoms with van der Waals surface area (Å²) in [5.41, 5.74) is 7.24. The van der Waals surface area contributed by atoms with Crippen molar-refractivity contribution in [2.24, 2.45) is 5.73 Å². The lowest BCUT2D eigenvalue weighted by atomic mass is 10.1. The molecule has 1 atom stereocenters. The molecule has 90 valence electrons. The molecule has 0 radical (unpaired) electrons. The van der Waals surface area contributed by atoms with Crippen LogP contribution in [0.1, 0.15) is 38.8 Å². The minimum absolute atomic E-state index is 0.121. The van der Waals surface area contributed by atoms with E-state index in [-0.39, 0.29) is 11.9 Å². The molecule has 0 aliphatic carbocycles. The van der Waals surface area contributed by atoms with Gasteiger partial charge in [0.05, 0.1) is 5.69 Å². The maximum atomic E-state index is 13.9. The van der Waals surface area contributed by atoms with Crippen molar-refractivity contribution in [3.8, 4) is 0 Å². The molecule has 2 nitrogen and oxygen atoms in total. The van der Waals surface area contributed by atoms with Gasteiger partial charge in [0.25, 0.3) is 0 Å². The monoisotopic (exact) mass is 224 g/mol. The van der Waals surface area contributed by atoms with E-state index in [4.69, 9.17) is 5.73 Å². The van der Waals surface area contributed by atoms with Gasteiger partial charge in [0.2, 0.25) is 0 Å². The summed E-state index contributed by atoms with van der Waals surface area (Å²) in [5, 5.41) is 0. The smallest absolute Gasteiger partial charge is 0.146 e. The van der Waals surface area contributed by atoms with Crippen molar-refractivity contribution >= 4 is 5.69 Å². The van der Waals surface area contributed by atoms with E-state index < -0.39 is 0 Å². The molecule has 0 spiro atoms. The van der Waals surface area contributed by atoms with Gasteiger partial charge < -0.3 is 10.6 Å². The lowest BCUT2D eigenvalue weighted by molar-refractivity contribution is 0.612. The summed E-state index contributed by atoms with van der Waals surface area (Å²) >= 11 is 0. The summed E-state index contributed by atoms with van der Waals surface area (Å²) < 4.78 is 13.9. The molecule has 0 amide bonds. The summed E-state index contributed by atoms with van der Waals surface area (Å²) in [6, 6.07) is 5.15. The summed E-state index contributed by atoms with van der Waals surface area (Å²) in [4.78, 5) is 2.04. The van der Waals surface area contributed by atoms with E-state index in [9.17, 15) is 4.39 Å². The van der Waals surface area contributed by atoms with E-state index in [1.807, 2.05) is 30.9 Å². The molecule has 3 heteroatoms. The molecule has 16 heavy (non-hydrogen) atoms. The zero-order chi connectivity index (χ0) is 12.1. The van der Waals surface area contributed by atoms with Crippen LogP contribution in [0.3, 0.4) is 0 Å².